The van der Waals surface area contributed by atoms with Crippen molar-refractivity contribution in [3.63, 3.8) is 0 Å². The summed E-state index contributed by atoms with van der Waals surface area (Å²) in [4.78, 5) is 20.4. The number of aryl methyl sites for hydroxylation is 1. The van der Waals surface area contributed by atoms with E-state index in [9.17, 15) is 4.79 Å². The molecular formula is C13H21N3O3. The standard InChI is InChI=1S/C13H21N3O3/c1-9-6-14-10(11(16-9)19-5)7-15-12(17)13(2,3)8-18-4/h6H,7-8H2,1-5H3,(H,15,17). The minimum atomic E-state index is -0.583. The molecule has 1 rings (SSSR count). The third-order valence-electron chi connectivity index (χ3n) is 2.66. The summed E-state index contributed by atoms with van der Waals surface area (Å²) in [6, 6.07) is 0. The lowest BCUT2D eigenvalue weighted by atomic mass is 9.93. The molecule has 0 aliphatic carbocycles. The van der Waals surface area contributed by atoms with E-state index in [1.807, 2.05) is 20.8 Å². The fourth-order valence-electron chi connectivity index (χ4n) is 1.59. The van der Waals surface area contributed by atoms with Gasteiger partial charge in [0.2, 0.25) is 11.8 Å². The average Bonchev–Trinajstić information content (AvgIpc) is 2.36. The van der Waals surface area contributed by atoms with Gasteiger partial charge in [-0.2, -0.15) is 0 Å². The van der Waals surface area contributed by atoms with E-state index in [1.54, 1.807) is 13.3 Å². The summed E-state index contributed by atoms with van der Waals surface area (Å²) in [6.07, 6.45) is 1.64. The zero-order valence-electron chi connectivity index (χ0n) is 12.1. The molecule has 1 aromatic heterocycles. The van der Waals surface area contributed by atoms with E-state index in [-0.39, 0.29) is 12.5 Å². The molecule has 0 fully saturated rings. The Morgan fingerprint density at radius 2 is 2.11 bits per heavy atom. The molecule has 1 amide bonds. The third-order valence-corrected chi connectivity index (χ3v) is 2.66. The maximum absolute atomic E-state index is 12.0. The minimum Gasteiger partial charge on any atom is -0.480 e. The van der Waals surface area contributed by atoms with Crippen LogP contribution in [0.4, 0.5) is 0 Å². The van der Waals surface area contributed by atoms with Crippen molar-refractivity contribution in [3.8, 4) is 5.88 Å². The zero-order valence-corrected chi connectivity index (χ0v) is 12.1. The fourth-order valence-corrected chi connectivity index (χ4v) is 1.59. The van der Waals surface area contributed by atoms with E-state index in [0.717, 1.165) is 5.69 Å². The molecule has 0 aliphatic rings. The lowest BCUT2D eigenvalue weighted by Crippen LogP contribution is -2.39. The number of carbonyl (C=O) groups excluding carboxylic acids is 1. The van der Waals surface area contributed by atoms with Crippen LogP contribution >= 0.6 is 0 Å². The normalized spacial score (nSPS) is 11.2. The Morgan fingerprint density at radius 1 is 1.42 bits per heavy atom. The van der Waals surface area contributed by atoms with Gasteiger partial charge in [0.25, 0.3) is 0 Å². The van der Waals surface area contributed by atoms with Crippen LogP contribution in [-0.4, -0.2) is 36.7 Å². The monoisotopic (exact) mass is 267 g/mol. The summed E-state index contributed by atoms with van der Waals surface area (Å²) in [5.41, 5.74) is 0.793. The SMILES string of the molecule is COCC(C)(C)C(=O)NCc1ncc(C)nc1OC. The second kappa shape index (κ2) is 6.47. The number of carbonyl (C=O) groups is 1. The maximum Gasteiger partial charge on any atom is 0.237 e. The lowest BCUT2D eigenvalue weighted by molar-refractivity contribution is -0.132. The van der Waals surface area contributed by atoms with Gasteiger partial charge in [-0.1, -0.05) is 0 Å². The van der Waals surface area contributed by atoms with Crippen LogP contribution in [-0.2, 0) is 16.1 Å². The molecule has 0 bridgehead atoms. The number of hydrogen-bond acceptors (Lipinski definition) is 5. The molecular weight excluding hydrogens is 246 g/mol. The predicted molar refractivity (Wildman–Crippen MR) is 70.8 cm³/mol. The first-order valence-corrected chi connectivity index (χ1v) is 6.04. The molecule has 0 aliphatic heterocycles. The first-order valence-electron chi connectivity index (χ1n) is 6.04. The van der Waals surface area contributed by atoms with Crippen molar-refractivity contribution in [1.82, 2.24) is 15.3 Å². The van der Waals surface area contributed by atoms with Gasteiger partial charge in [0.15, 0.2) is 0 Å². The smallest absolute Gasteiger partial charge is 0.237 e. The summed E-state index contributed by atoms with van der Waals surface area (Å²) in [6.45, 7) is 6.12. The van der Waals surface area contributed by atoms with Gasteiger partial charge < -0.3 is 14.8 Å². The highest BCUT2D eigenvalue weighted by atomic mass is 16.5. The molecule has 6 nitrogen and oxygen atoms in total. The van der Waals surface area contributed by atoms with Crippen molar-refractivity contribution in [2.75, 3.05) is 20.8 Å². The van der Waals surface area contributed by atoms with Crippen molar-refractivity contribution in [1.29, 1.82) is 0 Å². The van der Waals surface area contributed by atoms with Gasteiger partial charge in [-0.05, 0) is 20.8 Å². The molecule has 0 aromatic carbocycles. The van der Waals surface area contributed by atoms with Gasteiger partial charge in [0.1, 0.15) is 5.69 Å². The first kappa shape index (κ1) is 15.4. The second-order valence-electron chi connectivity index (χ2n) is 4.97. The molecule has 1 aromatic rings. The summed E-state index contributed by atoms with van der Waals surface area (Å²) in [5.74, 6) is 0.337. The molecule has 0 unspecified atom stereocenters. The number of ether oxygens (including phenoxy) is 2. The van der Waals surface area contributed by atoms with Gasteiger partial charge in [-0.15, -0.1) is 0 Å². The number of amides is 1. The molecule has 1 heterocycles. The van der Waals surface area contributed by atoms with Crippen molar-refractivity contribution in [2.45, 2.75) is 27.3 Å². The molecule has 19 heavy (non-hydrogen) atoms. The molecule has 0 radical (unpaired) electrons. The van der Waals surface area contributed by atoms with Crippen LogP contribution in [0.2, 0.25) is 0 Å². The van der Waals surface area contributed by atoms with E-state index in [4.69, 9.17) is 9.47 Å². The summed E-state index contributed by atoms with van der Waals surface area (Å²) >= 11 is 0. The molecule has 0 saturated heterocycles. The Kier molecular flexibility index (Phi) is 5.23. The highest BCUT2D eigenvalue weighted by Crippen LogP contribution is 2.17. The highest BCUT2D eigenvalue weighted by Gasteiger charge is 2.27. The highest BCUT2D eigenvalue weighted by molar-refractivity contribution is 5.81. The first-order chi connectivity index (χ1) is 8.90. The maximum atomic E-state index is 12.0. The molecule has 6 heteroatoms. The van der Waals surface area contributed by atoms with E-state index in [1.165, 1.54) is 7.11 Å². The number of aromatic nitrogens is 2. The third kappa shape index (κ3) is 4.17. The summed E-state index contributed by atoms with van der Waals surface area (Å²) in [7, 11) is 3.10. The van der Waals surface area contributed by atoms with Crippen LogP contribution < -0.4 is 10.1 Å². The Morgan fingerprint density at radius 3 is 2.68 bits per heavy atom. The second-order valence-corrected chi connectivity index (χ2v) is 4.97. The lowest BCUT2D eigenvalue weighted by Gasteiger charge is -2.22. The van der Waals surface area contributed by atoms with Crippen molar-refractivity contribution < 1.29 is 14.3 Å². The molecule has 0 atom stereocenters. The Balaban J connectivity index is 2.69. The summed E-state index contributed by atoms with van der Waals surface area (Å²) < 4.78 is 10.2. The van der Waals surface area contributed by atoms with E-state index < -0.39 is 5.41 Å². The molecule has 0 saturated carbocycles. The van der Waals surface area contributed by atoms with Crippen molar-refractivity contribution in [3.05, 3.63) is 17.6 Å². The van der Waals surface area contributed by atoms with Gasteiger partial charge in [0.05, 0.1) is 31.4 Å². The van der Waals surface area contributed by atoms with E-state index >= 15 is 0 Å². The average molecular weight is 267 g/mol. The molecule has 1 N–H and O–H groups in total. The molecule has 0 spiro atoms. The van der Waals surface area contributed by atoms with Crippen LogP contribution in [0.3, 0.4) is 0 Å². The fraction of sp³-hybridized carbons (Fsp3) is 0.615. The number of nitrogens with zero attached hydrogens (tertiary/aromatic N) is 2. The van der Waals surface area contributed by atoms with Crippen LogP contribution in [0.25, 0.3) is 0 Å². The van der Waals surface area contributed by atoms with E-state index in [2.05, 4.69) is 15.3 Å². The number of methoxy groups -OCH3 is 2. The van der Waals surface area contributed by atoms with Crippen molar-refractivity contribution >= 4 is 5.91 Å². The van der Waals surface area contributed by atoms with Crippen molar-refractivity contribution in [2.24, 2.45) is 5.41 Å². The Bertz CT molecular complexity index is 447. The van der Waals surface area contributed by atoms with E-state index in [0.29, 0.717) is 18.2 Å². The quantitative estimate of drug-likeness (QED) is 0.835. The minimum absolute atomic E-state index is 0.0984. The number of nitrogens with one attached hydrogen (secondary N) is 1. The van der Waals surface area contributed by atoms with Gasteiger partial charge in [-0.25, -0.2) is 4.98 Å². The summed E-state index contributed by atoms with van der Waals surface area (Å²) in [5, 5.41) is 2.82. The Hall–Kier alpha value is -1.69. The molecule has 106 valence electrons. The van der Waals surface area contributed by atoms with Crippen LogP contribution in [0.1, 0.15) is 25.2 Å². The van der Waals surface area contributed by atoms with Crippen LogP contribution in [0, 0.1) is 12.3 Å². The predicted octanol–water partition coefficient (Wildman–Crippen LogP) is 1.08. The van der Waals surface area contributed by atoms with Crippen LogP contribution in [0.15, 0.2) is 6.20 Å². The number of hydrogen-bond donors (Lipinski definition) is 1. The topological polar surface area (TPSA) is 73.3 Å². The van der Waals surface area contributed by atoms with Crippen LogP contribution in [0.5, 0.6) is 5.88 Å². The Labute approximate surface area is 113 Å². The zero-order chi connectivity index (χ0) is 14.5. The number of rotatable bonds is 6. The largest absolute Gasteiger partial charge is 0.480 e. The van der Waals surface area contributed by atoms with Gasteiger partial charge in [0, 0.05) is 13.3 Å². The van der Waals surface area contributed by atoms with Gasteiger partial charge in [-0.3, -0.25) is 9.78 Å². The van der Waals surface area contributed by atoms with Gasteiger partial charge >= 0.3 is 0 Å².